The average Bonchev–Trinajstić information content (AvgIpc) is 2.73. The zero-order valence-electron chi connectivity index (χ0n) is 10.2. The number of fused-ring (bicyclic) bond motifs is 1. The van der Waals surface area contributed by atoms with Crippen molar-refractivity contribution in [3.8, 4) is 0 Å². The minimum atomic E-state index is -4.29. The molecule has 6 heteroatoms. The molecule has 0 fully saturated rings. The van der Waals surface area contributed by atoms with Gasteiger partial charge in [-0.1, -0.05) is 19.1 Å². The van der Waals surface area contributed by atoms with Crippen LogP contribution in [0.4, 0.5) is 13.2 Å². The first kappa shape index (κ1) is 14.8. The van der Waals surface area contributed by atoms with E-state index in [1.165, 1.54) is 11.3 Å². The van der Waals surface area contributed by atoms with Gasteiger partial charge in [-0.2, -0.15) is 13.2 Å². The normalized spacial score (nSPS) is 13.9. The second kappa shape index (κ2) is 5.81. The van der Waals surface area contributed by atoms with Gasteiger partial charge in [0.15, 0.2) is 0 Å². The summed E-state index contributed by atoms with van der Waals surface area (Å²) < 4.78 is 41.2. The van der Waals surface area contributed by atoms with Crippen LogP contribution in [0, 0.1) is 0 Å². The van der Waals surface area contributed by atoms with Gasteiger partial charge in [-0.15, -0.1) is 11.3 Å². The summed E-state index contributed by atoms with van der Waals surface area (Å²) in [6.07, 6.45) is -3.62. The van der Waals surface area contributed by atoms with Crippen molar-refractivity contribution < 1.29 is 13.2 Å². The molecular formula is C13H13BrF3NS. The molecule has 1 nitrogen and oxygen atoms in total. The summed E-state index contributed by atoms with van der Waals surface area (Å²) in [5.41, 5.74) is 0.308. The second-order valence-corrected chi connectivity index (χ2v) is 5.97. The summed E-state index contributed by atoms with van der Waals surface area (Å²) in [6, 6.07) is 3.73. The Hall–Kier alpha value is -0.590. The first-order chi connectivity index (χ1) is 8.95. The molecule has 1 aromatic heterocycles. The molecule has 0 amide bonds. The summed E-state index contributed by atoms with van der Waals surface area (Å²) in [4.78, 5) is 0. The summed E-state index contributed by atoms with van der Waals surface area (Å²) in [5, 5.41) is 4.84. The van der Waals surface area contributed by atoms with Crippen LogP contribution in [0.2, 0.25) is 0 Å². The van der Waals surface area contributed by atoms with E-state index in [9.17, 15) is 13.2 Å². The number of benzene rings is 1. The summed E-state index contributed by atoms with van der Waals surface area (Å²) in [6.45, 7) is 2.19. The lowest BCUT2D eigenvalue weighted by Gasteiger charge is -2.21. The maximum atomic E-state index is 13.2. The van der Waals surface area contributed by atoms with Crippen LogP contribution in [-0.4, -0.2) is 12.7 Å². The Morgan fingerprint density at radius 3 is 2.74 bits per heavy atom. The minimum Gasteiger partial charge on any atom is -0.302 e. The van der Waals surface area contributed by atoms with Gasteiger partial charge in [-0.3, -0.25) is 0 Å². The van der Waals surface area contributed by atoms with Crippen LogP contribution in [0.1, 0.15) is 24.9 Å². The molecule has 2 aromatic rings. The molecule has 1 unspecified atom stereocenters. The lowest BCUT2D eigenvalue weighted by Crippen LogP contribution is -2.34. The maximum absolute atomic E-state index is 13.2. The molecule has 1 aromatic carbocycles. The molecule has 0 saturated carbocycles. The van der Waals surface area contributed by atoms with Gasteiger partial charge in [-0.25, -0.2) is 0 Å². The fourth-order valence-electron chi connectivity index (χ4n) is 1.96. The fraction of sp³-hybridized carbons (Fsp3) is 0.385. The van der Waals surface area contributed by atoms with E-state index in [0.717, 1.165) is 9.17 Å². The van der Waals surface area contributed by atoms with E-state index in [-0.39, 0.29) is 0 Å². The van der Waals surface area contributed by atoms with Crippen LogP contribution in [0.5, 0.6) is 0 Å². The van der Waals surface area contributed by atoms with Crippen LogP contribution in [0.25, 0.3) is 10.1 Å². The highest BCUT2D eigenvalue weighted by Gasteiger charge is 2.41. The summed E-state index contributed by atoms with van der Waals surface area (Å²) in [7, 11) is 0. The molecule has 0 spiro atoms. The SMILES string of the molecule is CCCNC(c1csc2c(Br)cccc12)C(F)(F)F. The molecule has 0 bridgehead atoms. The molecule has 1 atom stereocenters. The van der Waals surface area contributed by atoms with Gasteiger partial charge in [0.25, 0.3) is 0 Å². The molecule has 0 saturated heterocycles. The Kier molecular flexibility index (Phi) is 4.53. The molecule has 1 N–H and O–H groups in total. The Morgan fingerprint density at radius 1 is 1.37 bits per heavy atom. The predicted octanol–water partition coefficient (Wildman–Crippen LogP) is 5.27. The van der Waals surface area contributed by atoms with Crippen molar-refractivity contribution in [2.45, 2.75) is 25.6 Å². The second-order valence-electron chi connectivity index (χ2n) is 4.24. The van der Waals surface area contributed by atoms with Crippen LogP contribution in [0.3, 0.4) is 0 Å². The molecule has 1 heterocycles. The van der Waals surface area contributed by atoms with E-state index >= 15 is 0 Å². The smallest absolute Gasteiger partial charge is 0.302 e. The third-order valence-electron chi connectivity index (χ3n) is 2.82. The Labute approximate surface area is 121 Å². The highest BCUT2D eigenvalue weighted by molar-refractivity contribution is 9.10. The lowest BCUT2D eigenvalue weighted by molar-refractivity contribution is -0.157. The van der Waals surface area contributed by atoms with Crippen LogP contribution < -0.4 is 5.32 Å². The Balaban J connectivity index is 2.47. The van der Waals surface area contributed by atoms with Gasteiger partial charge < -0.3 is 5.32 Å². The monoisotopic (exact) mass is 351 g/mol. The largest absolute Gasteiger partial charge is 0.407 e. The number of halogens is 4. The molecule has 0 aliphatic carbocycles. The number of hydrogen-bond donors (Lipinski definition) is 1. The maximum Gasteiger partial charge on any atom is 0.407 e. The zero-order valence-corrected chi connectivity index (χ0v) is 12.6. The van der Waals surface area contributed by atoms with Crippen molar-refractivity contribution in [3.63, 3.8) is 0 Å². The van der Waals surface area contributed by atoms with Crippen LogP contribution >= 0.6 is 27.3 Å². The molecule has 104 valence electrons. The van der Waals surface area contributed by atoms with E-state index < -0.39 is 12.2 Å². The third-order valence-corrected chi connectivity index (χ3v) is 4.79. The summed E-state index contributed by atoms with van der Waals surface area (Å²) in [5.74, 6) is 0. The van der Waals surface area contributed by atoms with E-state index in [1.54, 1.807) is 17.5 Å². The van der Waals surface area contributed by atoms with Gasteiger partial charge in [0.05, 0.1) is 0 Å². The number of thiophene rings is 1. The number of hydrogen-bond acceptors (Lipinski definition) is 2. The molecular weight excluding hydrogens is 339 g/mol. The fourth-order valence-corrected chi connectivity index (χ4v) is 3.60. The Bertz CT molecular complexity index is 565. The van der Waals surface area contributed by atoms with Crippen molar-refractivity contribution in [3.05, 3.63) is 33.6 Å². The highest BCUT2D eigenvalue weighted by atomic mass is 79.9. The van der Waals surface area contributed by atoms with Crippen molar-refractivity contribution >= 4 is 37.4 Å². The van der Waals surface area contributed by atoms with Crippen LogP contribution in [-0.2, 0) is 0 Å². The van der Waals surface area contributed by atoms with Gasteiger partial charge >= 0.3 is 6.18 Å². The van der Waals surface area contributed by atoms with E-state index in [1.807, 2.05) is 13.0 Å². The lowest BCUT2D eigenvalue weighted by atomic mass is 10.1. The van der Waals surface area contributed by atoms with Gasteiger partial charge in [0.1, 0.15) is 6.04 Å². The van der Waals surface area contributed by atoms with E-state index in [2.05, 4.69) is 21.2 Å². The predicted molar refractivity (Wildman–Crippen MR) is 76.6 cm³/mol. The molecule has 19 heavy (non-hydrogen) atoms. The minimum absolute atomic E-state index is 0.308. The van der Waals surface area contributed by atoms with Gasteiger partial charge in [-0.05, 0) is 51.3 Å². The Morgan fingerprint density at radius 2 is 2.11 bits per heavy atom. The first-order valence-electron chi connectivity index (χ1n) is 5.91. The summed E-state index contributed by atoms with van der Waals surface area (Å²) >= 11 is 4.70. The first-order valence-corrected chi connectivity index (χ1v) is 7.58. The third kappa shape index (κ3) is 3.12. The number of alkyl halides is 3. The van der Waals surface area contributed by atoms with Crippen LogP contribution in [0.15, 0.2) is 28.1 Å². The van der Waals surface area contributed by atoms with Crippen molar-refractivity contribution in [2.75, 3.05) is 6.54 Å². The molecule has 0 aliphatic heterocycles. The topological polar surface area (TPSA) is 12.0 Å². The van der Waals surface area contributed by atoms with E-state index in [0.29, 0.717) is 23.9 Å². The number of nitrogens with one attached hydrogen (secondary N) is 1. The van der Waals surface area contributed by atoms with Crippen molar-refractivity contribution in [1.82, 2.24) is 5.32 Å². The highest BCUT2D eigenvalue weighted by Crippen LogP contribution is 2.40. The quantitative estimate of drug-likeness (QED) is 0.791. The van der Waals surface area contributed by atoms with E-state index in [4.69, 9.17) is 0 Å². The van der Waals surface area contributed by atoms with Crippen molar-refractivity contribution in [1.29, 1.82) is 0 Å². The average molecular weight is 352 g/mol. The molecule has 0 aliphatic rings. The zero-order chi connectivity index (χ0) is 14.0. The standard InChI is InChI=1S/C13H13BrF3NS/c1-2-6-18-12(13(15,16)17)9-7-19-11-8(9)4-3-5-10(11)14/h3-5,7,12,18H,2,6H2,1H3. The molecule has 2 rings (SSSR count). The van der Waals surface area contributed by atoms with Crippen molar-refractivity contribution in [2.24, 2.45) is 0 Å². The van der Waals surface area contributed by atoms with Gasteiger partial charge in [0.2, 0.25) is 0 Å². The number of rotatable bonds is 4. The molecule has 0 radical (unpaired) electrons. The van der Waals surface area contributed by atoms with Gasteiger partial charge in [0, 0.05) is 9.17 Å².